The summed E-state index contributed by atoms with van der Waals surface area (Å²) in [5.74, 6) is 0.223. The number of hydrogen-bond acceptors (Lipinski definition) is 5. The van der Waals surface area contributed by atoms with Crippen LogP contribution in [0.2, 0.25) is 0 Å². The van der Waals surface area contributed by atoms with Crippen molar-refractivity contribution in [3.8, 4) is 0 Å². The van der Waals surface area contributed by atoms with E-state index in [1.807, 2.05) is 28.0 Å². The topological polar surface area (TPSA) is 76.7 Å². The number of carbonyl (C=O) groups is 2. The lowest BCUT2D eigenvalue weighted by Gasteiger charge is -2.42. The van der Waals surface area contributed by atoms with Gasteiger partial charge in [0.2, 0.25) is 11.8 Å². The van der Waals surface area contributed by atoms with Crippen LogP contribution in [0, 0.1) is 5.92 Å². The van der Waals surface area contributed by atoms with Crippen LogP contribution in [0.4, 0.5) is 0 Å². The number of piperazine rings is 1. The summed E-state index contributed by atoms with van der Waals surface area (Å²) in [4.78, 5) is 29.4. The SMILES string of the molecule is Cl.O=C(C1CNNC1c1ccccc1)N1CCCC(N2CCNCC2=O)C1. The van der Waals surface area contributed by atoms with Crippen LogP contribution in [0.3, 0.4) is 0 Å². The number of benzene rings is 1. The molecule has 0 aliphatic carbocycles. The second kappa shape index (κ2) is 9.01. The number of likely N-dealkylation sites (tertiary alicyclic amines) is 1. The van der Waals surface area contributed by atoms with Crippen LogP contribution in [0.1, 0.15) is 24.4 Å². The van der Waals surface area contributed by atoms with Crippen LogP contribution in [0.25, 0.3) is 0 Å². The van der Waals surface area contributed by atoms with Crippen molar-refractivity contribution in [3.63, 3.8) is 0 Å². The first-order chi connectivity index (χ1) is 12.7. The molecule has 3 N–H and O–H groups in total. The van der Waals surface area contributed by atoms with E-state index in [1.165, 1.54) is 0 Å². The molecular weight excluding hydrogens is 366 g/mol. The van der Waals surface area contributed by atoms with Crippen molar-refractivity contribution in [1.82, 2.24) is 26.0 Å². The number of nitrogens with zero attached hydrogens (tertiary/aromatic N) is 2. The number of nitrogens with one attached hydrogen (secondary N) is 3. The minimum Gasteiger partial charge on any atom is -0.340 e. The normalized spacial score (nSPS) is 28.7. The van der Waals surface area contributed by atoms with E-state index in [2.05, 4.69) is 28.3 Å². The Morgan fingerprint density at radius 1 is 1.15 bits per heavy atom. The predicted molar refractivity (Wildman–Crippen MR) is 105 cm³/mol. The Labute approximate surface area is 166 Å². The van der Waals surface area contributed by atoms with E-state index in [9.17, 15) is 9.59 Å². The van der Waals surface area contributed by atoms with Crippen LogP contribution in [-0.4, -0.2) is 66.9 Å². The van der Waals surface area contributed by atoms with E-state index in [-0.39, 0.29) is 42.2 Å². The van der Waals surface area contributed by atoms with Crippen LogP contribution < -0.4 is 16.2 Å². The Morgan fingerprint density at radius 2 is 1.96 bits per heavy atom. The molecule has 8 heteroatoms. The molecule has 4 rings (SSSR count). The van der Waals surface area contributed by atoms with Crippen molar-refractivity contribution < 1.29 is 9.59 Å². The van der Waals surface area contributed by atoms with E-state index in [0.29, 0.717) is 19.6 Å². The highest BCUT2D eigenvalue weighted by Crippen LogP contribution is 2.28. The van der Waals surface area contributed by atoms with Crippen LogP contribution in [-0.2, 0) is 9.59 Å². The molecule has 27 heavy (non-hydrogen) atoms. The lowest BCUT2D eigenvalue weighted by molar-refractivity contribution is -0.142. The highest BCUT2D eigenvalue weighted by atomic mass is 35.5. The summed E-state index contributed by atoms with van der Waals surface area (Å²) < 4.78 is 0. The summed E-state index contributed by atoms with van der Waals surface area (Å²) >= 11 is 0. The number of hydrazine groups is 1. The summed E-state index contributed by atoms with van der Waals surface area (Å²) in [6, 6.07) is 10.3. The first kappa shape index (κ1) is 20.1. The number of rotatable bonds is 3. The molecule has 3 atom stereocenters. The van der Waals surface area contributed by atoms with Gasteiger partial charge in [0.05, 0.1) is 18.5 Å². The number of amides is 2. The maximum Gasteiger partial charge on any atom is 0.236 e. The molecule has 1 aromatic rings. The molecule has 3 heterocycles. The number of carbonyl (C=O) groups excluding carboxylic acids is 2. The van der Waals surface area contributed by atoms with Gasteiger partial charge in [-0.15, -0.1) is 12.4 Å². The first-order valence-corrected chi connectivity index (χ1v) is 9.56. The van der Waals surface area contributed by atoms with E-state index >= 15 is 0 Å². The largest absolute Gasteiger partial charge is 0.340 e. The summed E-state index contributed by atoms with van der Waals surface area (Å²) in [6.45, 7) is 4.06. The lowest BCUT2D eigenvalue weighted by atomic mass is 9.92. The molecule has 7 nitrogen and oxygen atoms in total. The van der Waals surface area contributed by atoms with Gasteiger partial charge in [-0.3, -0.25) is 15.0 Å². The van der Waals surface area contributed by atoms with E-state index in [4.69, 9.17) is 0 Å². The quantitative estimate of drug-likeness (QED) is 0.688. The molecule has 0 bridgehead atoms. The van der Waals surface area contributed by atoms with Crippen molar-refractivity contribution in [2.45, 2.75) is 24.9 Å². The average molecular weight is 394 g/mol. The van der Waals surface area contributed by atoms with Crippen molar-refractivity contribution in [2.75, 3.05) is 39.3 Å². The Morgan fingerprint density at radius 3 is 2.74 bits per heavy atom. The van der Waals surface area contributed by atoms with Gasteiger partial charge in [0, 0.05) is 38.8 Å². The molecule has 3 fully saturated rings. The smallest absolute Gasteiger partial charge is 0.236 e. The number of hydrogen-bond donors (Lipinski definition) is 3. The van der Waals surface area contributed by atoms with Crippen LogP contribution in [0.15, 0.2) is 30.3 Å². The van der Waals surface area contributed by atoms with Gasteiger partial charge in [0.1, 0.15) is 0 Å². The third-order valence-corrected chi connectivity index (χ3v) is 5.73. The Kier molecular flexibility index (Phi) is 6.70. The third kappa shape index (κ3) is 4.27. The summed E-state index contributed by atoms with van der Waals surface area (Å²) in [5, 5.41) is 3.12. The summed E-state index contributed by atoms with van der Waals surface area (Å²) in [5.41, 5.74) is 7.53. The second-order valence-corrected chi connectivity index (χ2v) is 7.36. The minimum atomic E-state index is -0.116. The van der Waals surface area contributed by atoms with Crippen LogP contribution >= 0.6 is 12.4 Å². The highest BCUT2D eigenvalue weighted by molar-refractivity contribution is 5.85. The standard InChI is InChI=1S/C19H27N5O2.ClH/c25-17-12-20-8-10-24(17)15-7-4-9-23(13-15)19(26)16-11-21-22-18(16)14-5-2-1-3-6-14;/h1-3,5-6,15-16,18,20-22H,4,7-13H2;1H. The molecule has 0 aromatic heterocycles. The van der Waals surface area contributed by atoms with Gasteiger partial charge in [-0.25, -0.2) is 5.43 Å². The summed E-state index contributed by atoms with van der Waals surface area (Å²) in [6.07, 6.45) is 1.94. The first-order valence-electron chi connectivity index (χ1n) is 9.56. The fraction of sp³-hybridized carbons (Fsp3) is 0.579. The number of halogens is 1. The molecule has 3 aliphatic rings. The molecule has 2 amide bonds. The molecule has 3 saturated heterocycles. The molecule has 0 radical (unpaired) electrons. The van der Waals surface area contributed by atoms with Gasteiger partial charge < -0.3 is 15.1 Å². The van der Waals surface area contributed by atoms with Gasteiger partial charge >= 0.3 is 0 Å². The maximum absolute atomic E-state index is 13.2. The van der Waals surface area contributed by atoms with E-state index < -0.39 is 0 Å². The van der Waals surface area contributed by atoms with Crippen molar-refractivity contribution in [2.24, 2.45) is 5.92 Å². The fourth-order valence-corrected chi connectivity index (χ4v) is 4.35. The zero-order chi connectivity index (χ0) is 17.9. The highest BCUT2D eigenvalue weighted by Gasteiger charge is 2.39. The monoisotopic (exact) mass is 393 g/mol. The fourth-order valence-electron chi connectivity index (χ4n) is 4.35. The molecule has 0 spiro atoms. The van der Waals surface area contributed by atoms with Crippen LogP contribution in [0.5, 0.6) is 0 Å². The van der Waals surface area contributed by atoms with Crippen molar-refractivity contribution in [3.05, 3.63) is 35.9 Å². The Hall–Kier alpha value is -1.67. The van der Waals surface area contributed by atoms with E-state index in [0.717, 1.165) is 38.0 Å². The maximum atomic E-state index is 13.2. The zero-order valence-corrected chi connectivity index (χ0v) is 16.2. The Bertz CT molecular complexity index is 659. The average Bonchev–Trinajstić information content (AvgIpc) is 3.18. The predicted octanol–water partition coefficient (Wildman–Crippen LogP) is 0.296. The van der Waals surface area contributed by atoms with Gasteiger partial charge in [-0.2, -0.15) is 0 Å². The molecule has 1 aromatic carbocycles. The van der Waals surface area contributed by atoms with E-state index in [1.54, 1.807) is 0 Å². The minimum absolute atomic E-state index is 0. The third-order valence-electron chi connectivity index (χ3n) is 5.73. The van der Waals surface area contributed by atoms with Crippen molar-refractivity contribution in [1.29, 1.82) is 0 Å². The molecule has 0 saturated carbocycles. The van der Waals surface area contributed by atoms with Gasteiger partial charge in [0.25, 0.3) is 0 Å². The molecule has 3 unspecified atom stereocenters. The molecule has 148 valence electrons. The van der Waals surface area contributed by atoms with Gasteiger partial charge in [0.15, 0.2) is 0 Å². The molecule has 3 aliphatic heterocycles. The second-order valence-electron chi connectivity index (χ2n) is 7.36. The van der Waals surface area contributed by atoms with Gasteiger partial charge in [-0.05, 0) is 18.4 Å². The zero-order valence-electron chi connectivity index (χ0n) is 15.4. The lowest BCUT2D eigenvalue weighted by Crippen LogP contribution is -2.58. The van der Waals surface area contributed by atoms with Gasteiger partial charge in [-0.1, -0.05) is 30.3 Å². The number of piperidine rings is 1. The Balaban J connectivity index is 0.00000210. The summed E-state index contributed by atoms with van der Waals surface area (Å²) in [7, 11) is 0. The molecular formula is C19H28ClN5O2. The van der Waals surface area contributed by atoms with Crippen molar-refractivity contribution >= 4 is 24.2 Å².